The highest BCUT2D eigenvalue weighted by atomic mass is 16.5. The van der Waals surface area contributed by atoms with Crippen LogP contribution >= 0.6 is 0 Å². The van der Waals surface area contributed by atoms with Gasteiger partial charge in [0.1, 0.15) is 0 Å². The van der Waals surface area contributed by atoms with Crippen LogP contribution in [0.25, 0.3) is 16.7 Å². The Morgan fingerprint density at radius 1 is 1.29 bits per heavy atom. The number of ether oxygens (including phenoxy) is 1. The van der Waals surface area contributed by atoms with Crippen molar-refractivity contribution in [3.63, 3.8) is 0 Å². The van der Waals surface area contributed by atoms with E-state index >= 15 is 0 Å². The highest BCUT2D eigenvalue weighted by Gasteiger charge is 2.19. The number of hydrogen-bond acceptors (Lipinski definition) is 5. The van der Waals surface area contributed by atoms with Crippen LogP contribution in [-0.4, -0.2) is 44.7 Å². The number of hydrogen-bond donors (Lipinski definition) is 1. The number of nitrogens with one attached hydrogen (secondary N) is 1. The molecule has 28 heavy (non-hydrogen) atoms. The molecule has 0 unspecified atom stereocenters. The van der Waals surface area contributed by atoms with E-state index in [0.29, 0.717) is 19.4 Å². The zero-order chi connectivity index (χ0) is 19.8. The summed E-state index contributed by atoms with van der Waals surface area (Å²) < 4.78 is 7.43. The Balaban J connectivity index is 1.56. The normalized spacial score (nSPS) is 16.9. The van der Waals surface area contributed by atoms with Gasteiger partial charge in [-0.1, -0.05) is 0 Å². The molecule has 0 bridgehead atoms. The molecule has 1 saturated heterocycles. The molecular formula is C21H27N5O2. The maximum Gasteiger partial charge on any atom is 0.220 e. The Labute approximate surface area is 164 Å². The predicted molar refractivity (Wildman–Crippen MR) is 108 cm³/mol. The van der Waals surface area contributed by atoms with Crippen molar-refractivity contribution in [2.75, 3.05) is 13.2 Å². The molecular weight excluding hydrogens is 354 g/mol. The van der Waals surface area contributed by atoms with Crippen LogP contribution in [0.1, 0.15) is 47.5 Å². The molecule has 0 spiro atoms. The summed E-state index contributed by atoms with van der Waals surface area (Å²) in [7, 11) is 0. The fourth-order valence-corrected chi connectivity index (χ4v) is 4.09. The van der Waals surface area contributed by atoms with Gasteiger partial charge in [-0.25, -0.2) is 14.5 Å². The maximum absolute atomic E-state index is 12.3. The molecule has 3 aromatic rings. The van der Waals surface area contributed by atoms with Crippen LogP contribution < -0.4 is 5.32 Å². The molecule has 7 heteroatoms. The Hall–Kier alpha value is -2.54. The van der Waals surface area contributed by atoms with E-state index in [9.17, 15) is 4.79 Å². The number of aryl methyl sites for hydroxylation is 4. The minimum atomic E-state index is 0.0492. The largest absolute Gasteiger partial charge is 0.376 e. The van der Waals surface area contributed by atoms with Crippen molar-refractivity contribution in [1.29, 1.82) is 0 Å². The van der Waals surface area contributed by atoms with Crippen molar-refractivity contribution in [2.45, 2.75) is 59.5 Å². The number of carbonyl (C=O) groups is 1. The topological polar surface area (TPSA) is 81.4 Å². The molecule has 1 amide bonds. The van der Waals surface area contributed by atoms with Crippen LogP contribution in [0.15, 0.2) is 6.07 Å². The molecule has 0 aliphatic carbocycles. The average Bonchev–Trinajstić information content (AvgIpc) is 3.27. The Bertz CT molecular complexity index is 1050. The lowest BCUT2D eigenvalue weighted by Gasteiger charge is -2.13. The van der Waals surface area contributed by atoms with Crippen LogP contribution in [0.5, 0.6) is 0 Å². The van der Waals surface area contributed by atoms with Crippen molar-refractivity contribution >= 4 is 22.6 Å². The van der Waals surface area contributed by atoms with Crippen molar-refractivity contribution in [3.05, 3.63) is 34.3 Å². The van der Waals surface area contributed by atoms with Gasteiger partial charge in [0.25, 0.3) is 0 Å². The van der Waals surface area contributed by atoms with E-state index < -0.39 is 0 Å². The first-order chi connectivity index (χ1) is 13.4. The number of amides is 1. The first kappa shape index (κ1) is 18.8. The second-order valence-corrected chi connectivity index (χ2v) is 7.71. The number of rotatable bonds is 5. The first-order valence-corrected chi connectivity index (χ1v) is 9.95. The van der Waals surface area contributed by atoms with Crippen LogP contribution in [0, 0.1) is 27.7 Å². The molecule has 1 atom stereocenters. The van der Waals surface area contributed by atoms with Gasteiger partial charge in [-0.2, -0.15) is 0 Å². The molecule has 1 aliphatic rings. The third-order valence-electron chi connectivity index (χ3n) is 5.56. The predicted octanol–water partition coefficient (Wildman–Crippen LogP) is 2.74. The lowest BCUT2D eigenvalue weighted by Crippen LogP contribution is -2.32. The molecule has 7 nitrogen and oxygen atoms in total. The molecule has 148 valence electrons. The Morgan fingerprint density at radius 3 is 2.86 bits per heavy atom. The zero-order valence-corrected chi connectivity index (χ0v) is 17.0. The fourth-order valence-electron chi connectivity index (χ4n) is 4.09. The molecule has 0 radical (unpaired) electrons. The summed E-state index contributed by atoms with van der Waals surface area (Å²) in [4.78, 5) is 21.6. The van der Waals surface area contributed by atoms with Gasteiger partial charge >= 0.3 is 0 Å². The number of nitrogens with zero attached hydrogens (tertiary/aromatic N) is 4. The van der Waals surface area contributed by atoms with E-state index in [-0.39, 0.29) is 12.0 Å². The zero-order valence-electron chi connectivity index (χ0n) is 17.0. The molecule has 1 fully saturated rings. The smallest absolute Gasteiger partial charge is 0.220 e. The molecule has 1 aliphatic heterocycles. The van der Waals surface area contributed by atoms with Crippen LogP contribution in [0.4, 0.5) is 0 Å². The summed E-state index contributed by atoms with van der Waals surface area (Å²) in [6, 6.07) is 2.06. The van der Waals surface area contributed by atoms with Crippen molar-refractivity contribution in [1.82, 2.24) is 24.9 Å². The highest BCUT2D eigenvalue weighted by molar-refractivity contribution is 5.93. The lowest BCUT2D eigenvalue weighted by molar-refractivity contribution is -0.121. The van der Waals surface area contributed by atoms with Crippen molar-refractivity contribution < 1.29 is 9.53 Å². The van der Waals surface area contributed by atoms with Gasteiger partial charge in [-0.3, -0.25) is 4.79 Å². The van der Waals surface area contributed by atoms with E-state index in [4.69, 9.17) is 9.72 Å². The van der Waals surface area contributed by atoms with E-state index in [0.717, 1.165) is 64.3 Å². The standard InChI is InChI=1S/C21H27N5O2/c1-12-10-13(2)23-20-19(12)21-24-14(3)17(15(4)26(21)25-20)7-8-18(27)22-11-16-6-5-9-28-16/h10,16H,5-9,11H2,1-4H3,(H,22,27)/t16-/m0/s1. The molecule has 4 heterocycles. The van der Waals surface area contributed by atoms with Crippen LogP contribution in [0.3, 0.4) is 0 Å². The number of aromatic nitrogens is 4. The van der Waals surface area contributed by atoms with Gasteiger partial charge in [0, 0.05) is 36.7 Å². The average molecular weight is 381 g/mol. The first-order valence-electron chi connectivity index (χ1n) is 9.95. The summed E-state index contributed by atoms with van der Waals surface area (Å²) in [5.41, 5.74) is 6.67. The minimum absolute atomic E-state index is 0.0492. The summed E-state index contributed by atoms with van der Waals surface area (Å²) in [6.45, 7) is 9.48. The van der Waals surface area contributed by atoms with Gasteiger partial charge in [-0.05, 0) is 64.2 Å². The van der Waals surface area contributed by atoms with Crippen molar-refractivity contribution in [3.8, 4) is 0 Å². The monoisotopic (exact) mass is 381 g/mol. The molecule has 0 saturated carbocycles. The van der Waals surface area contributed by atoms with Crippen molar-refractivity contribution in [2.24, 2.45) is 0 Å². The highest BCUT2D eigenvalue weighted by Crippen LogP contribution is 2.25. The number of fused-ring (bicyclic) bond motifs is 3. The summed E-state index contributed by atoms with van der Waals surface area (Å²) >= 11 is 0. The van der Waals surface area contributed by atoms with Crippen LogP contribution in [0.2, 0.25) is 0 Å². The van der Waals surface area contributed by atoms with Gasteiger partial charge in [0.15, 0.2) is 11.3 Å². The minimum Gasteiger partial charge on any atom is -0.376 e. The molecule has 4 rings (SSSR count). The summed E-state index contributed by atoms with van der Waals surface area (Å²) in [5.74, 6) is 0.0492. The number of carbonyl (C=O) groups excluding carboxylic acids is 1. The molecule has 1 N–H and O–H groups in total. The number of pyridine rings is 1. The quantitative estimate of drug-likeness (QED) is 0.735. The molecule has 3 aromatic heterocycles. The van der Waals surface area contributed by atoms with Gasteiger partial charge in [0.05, 0.1) is 11.5 Å². The van der Waals surface area contributed by atoms with Crippen LogP contribution in [-0.2, 0) is 16.0 Å². The van der Waals surface area contributed by atoms with E-state index in [1.54, 1.807) is 0 Å². The SMILES string of the molecule is Cc1cc(C)c2c(n1)nn1c(C)c(CCC(=O)NC[C@@H]3CCCO3)c(C)nc21. The second-order valence-electron chi connectivity index (χ2n) is 7.71. The molecule has 0 aromatic carbocycles. The third-order valence-corrected chi connectivity index (χ3v) is 5.56. The van der Waals surface area contributed by atoms with E-state index in [1.807, 2.05) is 25.3 Å². The van der Waals surface area contributed by atoms with Gasteiger partial charge in [-0.15, -0.1) is 5.10 Å². The van der Waals surface area contributed by atoms with Gasteiger partial charge in [0.2, 0.25) is 5.91 Å². The summed E-state index contributed by atoms with van der Waals surface area (Å²) in [5, 5.41) is 8.67. The Morgan fingerprint density at radius 2 is 2.11 bits per heavy atom. The summed E-state index contributed by atoms with van der Waals surface area (Å²) in [6.07, 6.45) is 3.34. The van der Waals surface area contributed by atoms with E-state index in [1.165, 1.54) is 0 Å². The van der Waals surface area contributed by atoms with E-state index in [2.05, 4.69) is 28.4 Å². The fraction of sp³-hybridized carbons (Fsp3) is 0.524. The second kappa shape index (κ2) is 7.47. The Kier molecular flexibility index (Phi) is 5.02. The third kappa shape index (κ3) is 3.46. The van der Waals surface area contributed by atoms with Gasteiger partial charge < -0.3 is 10.1 Å². The lowest BCUT2D eigenvalue weighted by atomic mass is 10.1. The maximum atomic E-state index is 12.3.